The van der Waals surface area contributed by atoms with Crippen LogP contribution in [0.15, 0.2) is 34.8 Å². The molecule has 0 aliphatic carbocycles. The van der Waals surface area contributed by atoms with Gasteiger partial charge in [0.05, 0.1) is 7.11 Å². The third-order valence-corrected chi connectivity index (χ3v) is 5.03. The maximum absolute atomic E-state index is 11.7. The molecule has 0 aliphatic rings. The lowest BCUT2D eigenvalue weighted by atomic mass is 10.2. The number of halogens is 1. The molecule has 3 N–H and O–H groups in total. The Kier molecular flexibility index (Phi) is 4.67. The van der Waals surface area contributed by atoms with Crippen LogP contribution in [-0.4, -0.2) is 13.0 Å². The van der Waals surface area contributed by atoms with E-state index >= 15 is 0 Å². The number of aryl methyl sites for hydroxylation is 1. The van der Waals surface area contributed by atoms with Crippen molar-refractivity contribution in [2.24, 2.45) is 5.73 Å². The number of carbonyl (C=O) groups is 1. The minimum Gasteiger partial charge on any atom is -0.497 e. The molecule has 1 aromatic carbocycles. The molecule has 0 spiro atoms. The number of hydrogen-bond acceptors (Lipinski definition) is 4. The summed E-state index contributed by atoms with van der Waals surface area (Å²) in [6, 6.07) is 8.75. The van der Waals surface area contributed by atoms with Crippen LogP contribution in [0.2, 0.25) is 0 Å². The molecule has 20 heavy (non-hydrogen) atoms. The quantitative estimate of drug-likeness (QED) is 0.863. The van der Waals surface area contributed by atoms with Crippen LogP contribution in [0.3, 0.4) is 0 Å². The molecule has 0 aliphatic heterocycles. The summed E-state index contributed by atoms with van der Waals surface area (Å²) in [6.45, 7) is 1.99. The third kappa shape index (κ3) is 3.32. The van der Waals surface area contributed by atoms with Crippen LogP contribution < -0.4 is 15.8 Å². The van der Waals surface area contributed by atoms with E-state index in [1.165, 1.54) is 11.3 Å². The van der Waals surface area contributed by atoms with Crippen LogP contribution in [0, 0.1) is 6.92 Å². The Labute approximate surface area is 130 Å². The maximum atomic E-state index is 11.7. The summed E-state index contributed by atoms with van der Waals surface area (Å²) in [5.41, 5.74) is 6.29. The number of hydrogen-bond donors (Lipinski definition) is 2. The van der Waals surface area contributed by atoms with E-state index in [-0.39, 0.29) is 0 Å². The number of anilines is 1. The van der Waals surface area contributed by atoms with Gasteiger partial charge in [0.15, 0.2) is 0 Å². The zero-order valence-electron chi connectivity index (χ0n) is 11.1. The van der Waals surface area contributed by atoms with Gasteiger partial charge < -0.3 is 15.8 Å². The molecule has 0 bridgehead atoms. The SMILES string of the molecule is COc1cccc(NC(C(N)=O)c2cc(Br)c(C)s2)c1. The summed E-state index contributed by atoms with van der Waals surface area (Å²) in [5, 5.41) is 3.15. The Balaban J connectivity index is 2.27. The average Bonchev–Trinajstić information content (AvgIpc) is 2.75. The first-order valence-corrected chi connectivity index (χ1v) is 7.58. The first-order valence-electron chi connectivity index (χ1n) is 5.97. The van der Waals surface area contributed by atoms with Crippen molar-refractivity contribution in [2.75, 3.05) is 12.4 Å². The van der Waals surface area contributed by atoms with Crippen molar-refractivity contribution in [1.29, 1.82) is 0 Å². The minimum atomic E-state index is -0.558. The van der Waals surface area contributed by atoms with Gasteiger partial charge in [-0.25, -0.2) is 0 Å². The van der Waals surface area contributed by atoms with Crippen LogP contribution in [0.5, 0.6) is 5.75 Å². The molecule has 1 atom stereocenters. The second-order valence-electron chi connectivity index (χ2n) is 4.26. The summed E-state index contributed by atoms with van der Waals surface area (Å²) < 4.78 is 6.15. The molecule has 0 saturated heterocycles. The van der Waals surface area contributed by atoms with Gasteiger partial charge in [0, 0.05) is 26.0 Å². The molecule has 1 heterocycles. The Hall–Kier alpha value is -1.53. The fourth-order valence-corrected chi connectivity index (χ4v) is 3.41. The lowest BCUT2D eigenvalue weighted by molar-refractivity contribution is -0.118. The van der Waals surface area contributed by atoms with Gasteiger partial charge in [-0.2, -0.15) is 0 Å². The van der Waals surface area contributed by atoms with E-state index in [4.69, 9.17) is 10.5 Å². The molecule has 2 rings (SSSR count). The lowest BCUT2D eigenvalue weighted by Gasteiger charge is -2.15. The van der Waals surface area contributed by atoms with Crippen molar-refractivity contribution in [3.05, 3.63) is 44.6 Å². The molecule has 1 unspecified atom stereocenters. The normalized spacial score (nSPS) is 11.9. The molecule has 0 saturated carbocycles. The summed E-state index contributed by atoms with van der Waals surface area (Å²) in [4.78, 5) is 13.7. The number of methoxy groups -OCH3 is 1. The summed E-state index contributed by atoms with van der Waals surface area (Å²) >= 11 is 4.99. The maximum Gasteiger partial charge on any atom is 0.245 e. The largest absolute Gasteiger partial charge is 0.497 e. The highest BCUT2D eigenvalue weighted by atomic mass is 79.9. The molecule has 1 aromatic heterocycles. The number of thiophene rings is 1. The van der Waals surface area contributed by atoms with Crippen LogP contribution in [0.4, 0.5) is 5.69 Å². The topological polar surface area (TPSA) is 64.3 Å². The Morgan fingerprint density at radius 1 is 1.45 bits per heavy atom. The summed E-state index contributed by atoms with van der Waals surface area (Å²) in [7, 11) is 1.60. The standard InChI is InChI=1S/C14H15BrN2O2S/c1-8-11(15)7-12(20-8)13(14(16)18)17-9-4-3-5-10(6-9)19-2/h3-7,13,17H,1-2H3,(H2,16,18). The number of primary amides is 1. The molecule has 1 amide bonds. The van der Waals surface area contributed by atoms with Gasteiger partial charge in [-0.15, -0.1) is 11.3 Å². The van der Waals surface area contributed by atoms with Crippen molar-refractivity contribution >= 4 is 38.9 Å². The molecule has 0 radical (unpaired) electrons. The predicted octanol–water partition coefficient (Wildman–Crippen LogP) is 3.47. The fourth-order valence-electron chi connectivity index (χ4n) is 1.79. The predicted molar refractivity (Wildman–Crippen MR) is 85.3 cm³/mol. The third-order valence-electron chi connectivity index (χ3n) is 2.83. The first-order chi connectivity index (χ1) is 9.51. The fraction of sp³-hybridized carbons (Fsp3) is 0.214. The zero-order chi connectivity index (χ0) is 14.7. The first kappa shape index (κ1) is 14.9. The highest BCUT2D eigenvalue weighted by molar-refractivity contribution is 9.10. The number of carbonyl (C=O) groups excluding carboxylic acids is 1. The smallest absolute Gasteiger partial charge is 0.245 e. The van der Waals surface area contributed by atoms with E-state index in [1.54, 1.807) is 7.11 Å². The number of rotatable bonds is 5. The second-order valence-corrected chi connectivity index (χ2v) is 6.41. The summed E-state index contributed by atoms with van der Waals surface area (Å²) in [6.07, 6.45) is 0. The molecular formula is C14H15BrN2O2S. The van der Waals surface area contributed by atoms with E-state index in [1.807, 2.05) is 37.3 Å². The van der Waals surface area contributed by atoms with Gasteiger partial charge in [-0.3, -0.25) is 4.79 Å². The van der Waals surface area contributed by atoms with Crippen LogP contribution in [0.1, 0.15) is 15.8 Å². The van der Waals surface area contributed by atoms with Crippen molar-refractivity contribution in [1.82, 2.24) is 0 Å². The lowest BCUT2D eigenvalue weighted by Crippen LogP contribution is -2.27. The molecule has 4 nitrogen and oxygen atoms in total. The van der Waals surface area contributed by atoms with Gasteiger partial charge in [0.2, 0.25) is 5.91 Å². The highest BCUT2D eigenvalue weighted by Crippen LogP contribution is 2.32. The number of benzene rings is 1. The molecular weight excluding hydrogens is 340 g/mol. The number of nitrogens with two attached hydrogens (primary N) is 1. The second kappa shape index (κ2) is 6.28. The monoisotopic (exact) mass is 354 g/mol. The minimum absolute atomic E-state index is 0.415. The molecule has 0 fully saturated rings. The van der Waals surface area contributed by atoms with Crippen molar-refractivity contribution < 1.29 is 9.53 Å². The van der Waals surface area contributed by atoms with Gasteiger partial charge in [0.25, 0.3) is 0 Å². The number of nitrogens with one attached hydrogen (secondary N) is 1. The average molecular weight is 355 g/mol. The zero-order valence-corrected chi connectivity index (χ0v) is 13.5. The Bertz CT molecular complexity index is 608. The van der Waals surface area contributed by atoms with Gasteiger partial charge in [-0.05, 0) is 41.1 Å². The van der Waals surface area contributed by atoms with Crippen LogP contribution in [-0.2, 0) is 4.79 Å². The highest BCUT2D eigenvalue weighted by Gasteiger charge is 2.20. The van der Waals surface area contributed by atoms with Crippen molar-refractivity contribution in [3.8, 4) is 5.75 Å². The van der Waals surface area contributed by atoms with E-state index < -0.39 is 11.9 Å². The molecule has 106 valence electrons. The summed E-state index contributed by atoms with van der Waals surface area (Å²) in [5.74, 6) is 0.309. The molecule has 6 heteroatoms. The molecule has 2 aromatic rings. The Morgan fingerprint density at radius 3 is 2.75 bits per heavy atom. The van der Waals surface area contributed by atoms with E-state index in [2.05, 4.69) is 21.2 Å². The van der Waals surface area contributed by atoms with Gasteiger partial charge >= 0.3 is 0 Å². The van der Waals surface area contributed by atoms with Crippen molar-refractivity contribution in [2.45, 2.75) is 13.0 Å². The van der Waals surface area contributed by atoms with E-state index in [0.717, 1.165) is 25.7 Å². The van der Waals surface area contributed by atoms with E-state index in [9.17, 15) is 4.79 Å². The number of ether oxygens (including phenoxy) is 1. The van der Waals surface area contributed by atoms with Crippen LogP contribution >= 0.6 is 27.3 Å². The van der Waals surface area contributed by atoms with Crippen LogP contribution in [0.25, 0.3) is 0 Å². The number of amides is 1. The van der Waals surface area contributed by atoms with E-state index in [0.29, 0.717) is 0 Å². The van der Waals surface area contributed by atoms with Crippen molar-refractivity contribution in [3.63, 3.8) is 0 Å². The van der Waals surface area contributed by atoms with Gasteiger partial charge in [0.1, 0.15) is 11.8 Å². The van der Waals surface area contributed by atoms with Gasteiger partial charge in [-0.1, -0.05) is 6.07 Å². The Morgan fingerprint density at radius 2 is 2.20 bits per heavy atom.